The number of rotatable bonds is 7. The predicted octanol–water partition coefficient (Wildman–Crippen LogP) is 0.922. The Balaban J connectivity index is 1.29. The predicted molar refractivity (Wildman–Crippen MR) is 129 cm³/mol. The van der Waals surface area contributed by atoms with Crippen LogP contribution in [0.4, 0.5) is 0 Å². The zero-order chi connectivity index (χ0) is 24.2. The van der Waals surface area contributed by atoms with Gasteiger partial charge in [-0.25, -0.2) is 0 Å². The zero-order valence-electron chi connectivity index (χ0n) is 19.8. The number of carbonyl (C=O) groups is 3. The lowest BCUT2D eigenvalue weighted by Crippen LogP contribution is -2.44. The summed E-state index contributed by atoms with van der Waals surface area (Å²) >= 11 is 0. The second-order valence-corrected chi connectivity index (χ2v) is 9.25. The van der Waals surface area contributed by atoms with Crippen LogP contribution in [0.5, 0.6) is 0 Å². The second-order valence-electron chi connectivity index (χ2n) is 9.25. The summed E-state index contributed by atoms with van der Waals surface area (Å²) in [6.45, 7) is 2.83. The van der Waals surface area contributed by atoms with Crippen molar-refractivity contribution in [3.05, 3.63) is 70.3 Å². The van der Waals surface area contributed by atoms with E-state index in [1.807, 2.05) is 6.07 Å². The normalized spacial score (nSPS) is 16.4. The van der Waals surface area contributed by atoms with E-state index in [-0.39, 0.29) is 30.8 Å². The van der Waals surface area contributed by atoms with Crippen molar-refractivity contribution in [2.75, 3.05) is 46.8 Å². The van der Waals surface area contributed by atoms with Gasteiger partial charge in [-0.1, -0.05) is 24.3 Å². The van der Waals surface area contributed by atoms with Gasteiger partial charge < -0.3 is 20.2 Å². The maximum absolute atomic E-state index is 12.8. The van der Waals surface area contributed by atoms with Crippen molar-refractivity contribution in [1.82, 2.24) is 20.0 Å². The van der Waals surface area contributed by atoms with Crippen molar-refractivity contribution in [3.63, 3.8) is 0 Å². The van der Waals surface area contributed by atoms with E-state index < -0.39 is 6.10 Å². The second kappa shape index (κ2) is 10.4. The third-order valence-electron chi connectivity index (χ3n) is 6.54. The van der Waals surface area contributed by atoms with Crippen LogP contribution in [0.2, 0.25) is 0 Å². The fourth-order valence-corrected chi connectivity index (χ4v) is 4.52. The molecule has 0 radical (unpaired) electrons. The van der Waals surface area contributed by atoms with E-state index in [9.17, 15) is 19.5 Å². The largest absolute Gasteiger partial charge is 0.390 e. The molecule has 3 amide bonds. The Labute approximate surface area is 200 Å². The number of nitrogens with one attached hydrogen (secondary N) is 1. The van der Waals surface area contributed by atoms with Crippen molar-refractivity contribution in [1.29, 1.82) is 0 Å². The highest BCUT2D eigenvalue weighted by Gasteiger charge is 2.27. The van der Waals surface area contributed by atoms with Crippen LogP contribution >= 0.6 is 0 Å². The molecule has 1 atom stereocenters. The van der Waals surface area contributed by atoms with Crippen LogP contribution in [-0.2, 0) is 24.2 Å². The average molecular weight is 465 g/mol. The highest BCUT2D eigenvalue weighted by molar-refractivity contribution is 6.01. The summed E-state index contributed by atoms with van der Waals surface area (Å²) in [4.78, 5) is 42.6. The Bertz CT molecular complexity index is 1080. The third-order valence-corrected chi connectivity index (χ3v) is 6.54. The van der Waals surface area contributed by atoms with Gasteiger partial charge in [0.2, 0.25) is 5.91 Å². The summed E-state index contributed by atoms with van der Waals surface area (Å²) in [5.41, 5.74) is 4.44. The topological polar surface area (TPSA) is 93.2 Å². The lowest BCUT2D eigenvalue weighted by Gasteiger charge is -2.30. The number of carbonyl (C=O) groups excluding carboxylic acids is 3. The van der Waals surface area contributed by atoms with Gasteiger partial charge >= 0.3 is 0 Å². The van der Waals surface area contributed by atoms with Crippen LogP contribution in [-0.4, -0.2) is 90.5 Å². The van der Waals surface area contributed by atoms with E-state index in [1.54, 1.807) is 37.2 Å². The van der Waals surface area contributed by atoms with Gasteiger partial charge in [-0.05, 0) is 47.7 Å². The number of aliphatic hydroxyl groups excluding tert-OH is 1. The van der Waals surface area contributed by atoms with E-state index in [0.29, 0.717) is 30.6 Å². The van der Waals surface area contributed by atoms with Crippen LogP contribution in [0.1, 0.15) is 37.4 Å². The minimum absolute atomic E-state index is 0.0496. The Morgan fingerprint density at radius 3 is 2.56 bits per heavy atom. The van der Waals surface area contributed by atoms with Crippen molar-refractivity contribution in [3.8, 4) is 0 Å². The molecule has 180 valence electrons. The molecule has 0 saturated heterocycles. The van der Waals surface area contributed by atoms with Gasteiger partial charge in [0.05, 0.1) is 6.10 Å². The van der Waals surface area contributed by atoms with Crippen LogP contribution in [0.15, 0.2) is 42.5 Å². The van der Waals surface area contributed by atoms with Crippen molar-refractivity contribution >= 4 is 17.7 Å². The van der Waals surface area contributed by atoms with Gasteiger partial charge in [-0.3, -0.25) is 19.3 Å². The summed E-state index contributed by atoms with van der Waals surface area (Å²) in [7, 11) is 3.33. The molecular formula is C26H32N4O4. The molecule has 0 aliphatic carbocycles. The number of fused-ring (bicyclic) bond motifs is 2. The first-order valence-electron chi connectivity index (χ1n) is 11.7. The highest BCUT2D eigenvalue weighted by atomic mass is 16.3. The number of aliphatic hydroxyl groups is 1. The number of hydrogen-bond acceptors (Lipinski definition) is 5. The molecule has 2 aliphatic heterocycles. The smallest absolute Gasteiger partial charge is 0.254 e. The Morgan fingerprint density at radius 2 is 1.79 bits per heavy atom. The number of β-amino-alcohol motifs (C(OH)–C–C–N with tert-alkyl or cyclic N) is 1. The molecule has 0 unspecified atom stereocenters. The molecule has 0 fully saturated rings. The van der Waals surface area contributed by atoms with Crippen LogP contribution < -0.4 is 5.32 Å². The molecule has 8 heteroatoms. The van der Waals surface area contributed by atoms with E-state index in [0.717, 1.165) is 25.1 Å². The van der Waals surface area contributed by atoms with Gasteiger partial charge in [-0.15, -0.1) is 0 Å². The summed E-state index contributed by atoms with van der Waals surface area (Å²) in [5, 5.41) is 13.3. The van der Waals surface area contributed by atoms with Crippen molar-refractivity contribution in [2.45, 2.75) is 25.5 Å². The molecule has 2 aromatic carbocycles. The number of amides is 3. The van der Waals surface area contributed by atoms with E-state index >= 15 is 0 Å². The molecule has 2 aliphatic rings. The first-order chi connectivity index (χ1) is 16.3. The molecule has 0 spiro atoms. The minimum Gasteiger partial charge on any atom is -0.390 e. The first kappa shape index (κ1) is 23.9. The van der Waals surface area contributed by atoms with Crippen LogP contribution in [0.25, 0.3) is 0 Å². The Kier molecular flexibility index (Phi) is 7.29. The van der Waals surface area contributed by atoms with Crippen molar-refractivity contribution in [2.24, 2.45) is 0 Å². The molecule has 2 N–H and O–H groups in total. The highest BCUT2D eigenvalue weighted by Crippen LogP contribution is 2.21. The number of nitrogens with zero attached hydrogens (tertiary/aromatic N) is 3. The standard InChI is InChI=1S/C26H32N4O4/c1-28(2)24(32)17-30-12-10-19-13-20(7-8-23(19)26(30)34)25(33)27-14-22(31)16-29-11-9-18-5-3-4-6-21(18)15-29/h3-8,13,22,31H,9-12,14-17H2,1-2H3,(H,27,33)/t22-/m0/s1. The Hall–Kier alpha value is -3.23. The summed E-state index contributed by atoms with van der Waals surface area (Å²) in [5.74, 6) is -0.592. The molecule has 0 bridgehead atoms. The monoisotopic (exact) mass is 464 g/mol. The number of likely N-dealkylation sites (N-methyl/N-ethyl adjacent to an activating group) is 1. The molecule has 2 heterocycles. The Morgan fingerprint density at radius 1 is 1.06 bits per heavy atom. The van der Waals surface area contributed by atoms with Gasteiger partial charge in [0, 0.05) is 57.9 Å². The molecule has 8 nitrogen and oxygen atoms in total. The molecular weight excluding hydrogens is 432 g/mol. The molecule has 2 aromatic rings. The van der Waals surface area contributed by atoms with Gasteiger partial charge in [0.25, 0.3) is 11.8 Å². The molecule has 0 saturated carbocycles. The van der Waals surface area contributed by atoms with Crippen LogP contribution in [0, 0.1) is 0 Å². The van der Waals surface area contributed by atoms with Gasteiger partial charge in [0.15, 0.2) is 0 Å². The van der Waals surface area contributed by atoms with E-state index in [2.05, 4.69) is 28.4 Å². The fraction of sp³-hybridized carbons (Fsp3) is 0.423. The molecule has 4 rings (SSSR count). The number of benzene rings is 2. The zero-order valence-corrected chi connectivity index (χ0v) is 19.8. The van der Waals surface area contributed by atoms with Crippen LogP contribution in [0.3, 0.4) is 0 Å². The summed E-state index contributed by atoms with van der Waals surface area (Å²) in [6.07, 6.45) is 0.877. The van der Waals surface area contributed by atoms with Gasteiger partial charge in [0.1, 0.15) is 6.54 Å². The van der Waals surface area contributed by atoms with Gasteiger partial charge in [-0.2, -0.15) is 0 Å². The summed E-state index contributed by atoms with van der Waals surface area (Å²) < 4.78 is 0. The summed E-state index contributed by atoms with van der Waals surface area (Å²) in [6, 6.07) is 13.4. The molecule has 34 heavy (non-hydrogen) atoms. The molecule has 0 aromatic heterocycles. The lowest BCUT2D eigenvalue weighted by molar-refractivity contribution is -0.129. The lowest BCUT2D eigenvalue weighted by atomic mass is 9.96. The fourth-order valence-electron chi connectivity index (χ4n) is 4.52. The number of hydrogen-bond donors (Lipinski definition) is 2. The SMILES string of the molecule is CN(C)C(=O)CN1CCc2cc(C(=O)NC[C@H](O)CN3CCc4ccccc4C3)ccc2C1=O. The first-order valence-corrected chi connectivity index (χ1v) is 11.7. The average Bonchev–Trinajstić information content (AvgIpc) is 2.83. The maximum Gasteiger partial charge on any atom is 0.254 e. The van der Waals surface area contributed by atoms with E-state index in [1.165, 1.54) is 16.0 Å². The van der Waals surface area contributed by atoms with E-state index in [4.69, 9.17) is 0 Å². The minimum atomic E-state index is -0.670. The maximum atomic E-state index is 12.8. The quantitative estimate of drug-likeness (QED) is 0.636. The third kappa shape index (κ3) is 5.46. The van der Waals surface area contributed by atoms with Crippen molar-refractivity contribution < 1.29 is 19.5 Å².